The van der Waals surface area contributed by atoms with Gasteiger partial charge in [0.25, 0.3) is 0 Å². The van der Waals surface area contributed by atoms with E-state index in [0.717, 1.165) is 77.3 Å². The van der Waals surface area contributed by atoms with Crippen molar-refractivity contribution in [2.45, 2.75) is 129 Å². The third-order valence-corrected chi connectivity index (χ3v) is 16.7. The van der Waals surface area contributed by atoms with Crippen molar-refractivity contribution < 1.29 is 32.6 Å². The summed E-state index contributed by atoms with van der Waals surface area (Å²) in [6.45, 7) is 18.6. The predicted octanol–water partition coefficient (Wildman–Crippen LogP) is 8.99. The molecule has 3 amide bonds. The summed E-state index contributed by atoms with van der Waals surface area (Å²) in [7, 11) is 0.158. The summed E-state index contributed by atoms with van der Waals surface area (Å²) in [4.78, 5) is 58.3. The average Bonchev–Trinajstić information content (AvgIpc) is 3.97. The maximum absolute atomic E-state index is 14.0. The summed E-state index contributed by atoms with van der Waals surface area (Å²) in [6, 6.07) is 14.7. The summed E-state index contributed by atoms with van der Waals surface area (Å²) in [5.74, 6) is 0.0132. The van der Waals surface area contributed by atoms with Crippen molar-refractivity contribution in [1.29, 1.82) is 0 Å². The Bertz CT molecular complexity index is 2890. The number of hydrogen-bond acceptors (Lipinski definition) is 15. The first-order chi connectivity index (χ1) is 35.0. The maximum atomic E-state index is 14.0. The zero-order chi connectivity index (χ0) is 54.1. The van der Waals surface area contributed by atoms with Gasteiger partial charge in [0.05, 0.1) is 63.1 Å². The zero-order valence-corrected chi connectivity index (χ0v) is 46.8. The molecule has 0 saturated carbocycles. The molecule has 0 spiro atoms. The lowest BCUT2D eigenvalue weighted by atomic mass is 9.85. The van der Waals surface area contributed by atoms with Crippen LogP contribution in [0.2, 0.25) is 5.02 Å². The van der Waals surface area contributed by atoms with E-state index < -0.39 is 50.6 Å². The number of carbonyl (C=O) groups excluding carboxylic acids is 3. The standard InChI is InChI=1S/C54H73ClN10O7S2/c1-32(2)74(70,71)47-18-14-13-17-42(47)61-50-41(55)29-57-53(63-50)62-44-25-33(3)37(27-46(44)72-11)21-24-64(10)23-16-12-15-22-56-43-26-38(48-35(5)58-31-73-48)19-20-40(43)34(4)59-51(68)45-28-39(67)30-65(45)52(69)49(54(7,8)9)60-36(6)66/h13-14,17-20,25-27,29,31-32,34,39,45,49,56,67H,12,15-16,21-24,28,30H2,1-11H3,(H,59,68)(H,60,66)(H2,57,61,62,63)/t34-,39+,45-,49+/m0/s1. The maximum Gasteiger partial charge on any atom is 0.246 e. The number of ether oxygens (including phenoxy) is 1. The molecule has 0 aliphatic carbocycles. The first-order valence-corrected chi connectivity index (χ1v) is 27.9. The molecule has 6 N–H and O–H groups in total. The predicted molar refractivity (Wildman–Crippen MR) is 296 cm³/mol. The first kappa shape index (κ1) is 57.4. The monoisotopic (exact) mass is 1070 g/mol. The molecule has 74 heavy (non-hydrogen) atoms. The topological polar surface area (TPSA) is 220 Å². The normalized spacial score (nSPS) is 15.7. The van der Waals surface area contributed by atoms with Gasteiger partial charge in [0.1, 0.15) is 22.9 Å². The number of unbranched alkanes of at least 4 members (excludes halogenated alkanes) is 2. The molecule has 0 bridgehead atoms. The number of likely N-dealkylation sites (tertiary alicyclic amines) is 1. The second-order valence-corrected chi connectivity index (χ2v) is 24.2. The van der Waals surface area contributed by atoms with Crippen LogP contribution in [-0.2, 0) is 30.6 Å². The zero-order valence-electron chi connectivity index (χ0n) is 44.4. The van der Waals surface area contributed by atoms with Crippen molar-refractivity contribution in [2.24, 2.45) is 5.41 Å². The van der Waals surface area contributed by atoms with Gasteiger partial charge in [-0.15, -0.1) is 11.3 Å². The fourth-order valence-electron chi connectivity index (χ4n) is 8.95. The quantitative estimate of drug-likeness (QED) is 0.0337. The molecule has 1 aliphatic heterocycles. The molecule has 0 radical (unpaired) electrons. The molecule has 1 aliphatic rings. The Hall–Kier alpha value is -5.86. The number of benzene rings is 3. The van der Waals surface area contributed by atoms with Gasteiger partial charge in [-0.2, -0.15) is 4.98 Å². The number of aliphatic hydroxyl groups is 1. The van der Waals surface area contributed by atoms with Crippen molar-refractivity contribution in [3.05, 3.63) is 93.7 Å². The van der Waals surface area contributed by atoms with Crippen LogP contribution in [0.3, 0.4) is 0 Å². The smallest absolute Gasteiger partial charge is 0.246 e. The highest BCUT2D eigenvalue weighted by atomic mass is 35.5. The molecule has 400 valence electrons. The molecule has 1 saturated heterocycles. The van der Waals surface area contributed by atoms with Crippen molar-refractivity contribution in [2.75, 3.05) is 56.3 Å². The molecule has 3 heterocycles. The van der Waals surface area contributed by atoms with Gasteiger partial charge in [0, 0.05) is 38.7 Å². The van der Waals surface area contributed by atoms with Crippen LogP contribution in [0, 0.1) is 19.3 Å². The molecule has 20 heteroatoms. The van der Waals surface area contributed by atoms with E-state index in [9.17, 15) is 27.9 Å². The van der Waals surface area contributed by atoms with Crippen LogP contribution >= 0.6 is 22.9 Å². The highest BCUT2D eigenvalue weighted by molar-refractivity contribution is 7.92. The summed E-state index contributed by atoms with van der Waals surface area (Å²) in [5.41, 5.74) is 8.21. The molecule has 6 rings (SSSR count). The molecular weight excluding hydrogens is 1000 g/mol. The Morgan fingerprint density at radius 2 is 1.70 bits per heavy atom. The van der Waals surface area contributed by atoms with Crippen LogP contribution in [0.1, 0.15) is 103 Å². The van der Waals surface area contributed by atoms with Gasteiger partial charge in [-0.25, -0.2) is 18.4 Å². The Morgan fingerprint density at radius 1 is 0.959 bits per heavy atom. The number of nitrogens with one attached hydrogen (secondary N) is 5. The van der Waals surface area contributed by atoms with E-state index in [4.69, 9.17) is 16.3 Å². The number of amides is 3. The number of likely N-dealkylation sites (N-methyl/N-ethyl adjacent to an activating group) is 1. The lowest BCUT2D eigenvalue weighted by Crippen LogP contribution is -2.57. The van der Waals surface area contributed by atoms with E-state index in [1.807, 2.05) is 64.4 Å². The SMILES string of the molecule is COc1cc(CCN(C)CCCCCNc2cc(-c3scnc3C)ccc2[C@H](C)NC(=O)[C@@H]2C[C@@H](O)CN2C(=O)[C@@H](NC(C)=O)C(C)(C)C)c(C)cc1Nc1ncc(Cl)c(Nc2ccccc2S(=O)(=O)C(C)C)n1. The minimum Gasteiger partial charge on any atom is -0.495 e. The van der Waals surface area contributed by atoms with Crippen molar-refractivity contribution in [3.8, 4) is 16.2 Å². The van der Waals surface area contributed by atoms with Crippen LogP contribution in [0.5, 0.6) is 5.75 Å². The number of hydrogen-bond donors (Lipinski definition) is 6. The number of aryl methyl sites for hydroxylation is 2. The average molecular weight is 1070 g/mol. The van der Waals surface area contributed by atoms with Gasteiger partial charge in [-0.3, -0.25) is 14.4 Å². The number of methoxy groups -OCH3 is 1. The molecule has 0 unspecified atom stereocenters. The van der Waals surface area contributed by atoms with Gasteiger partial charge in [0.15, 0.2) is 15.7 Å². The molecule has 17 nitrogen and oxygen atoms in total. The number of anilines is 5. The van der Waals surface area contributed by atoms with E-state index in [1.165, 1.54) is 18.0 Å². The second kappa shape index (κ2) is 25.1. The Labute approximate surface area is 445 Å². The summed E-state index contributed by atoms with van der Waals surface area (Å²) >= 11 is 8.07. The van der Waals surface area contributed by atoms with Crippen molar-refractivity contribution >= 4 is 79.3 Å². The van der Waals surface area contributed by atoms with E-state index in [-0.39, 0.29) is 46.5 Å². The second-order valence-electron chi connectivity index (χ2n) is 20.4. The summed E-state index contributed by atoms with van der Waals surface area (Å²) in [5, 5.41) is 26.2. The number of thiazole rings is 1. The third-order valence-electron chi connectivity index (χ3n) is 13.2. The summed E-state index contributed by atoms with van der Waals surface area (Å²) < 4.78 is 32.0. The summed E-state index contributed by atoms with van der Waals surface area (Å²) in [6.07, 6.45) is 4.41. The van der Waals surface area contributed by atoms with Gasteiger partial charge in [0.2, 0.25) is 23.7 Å². The van der Waals surface area contributed by atoms with Crippen LogP contribution in [0.25, 0.3) is 10.4 Å². The largest absolute Gasteiger partial charge is 0.495 e. The van der Waals surface area contributed by atoms with Gasteiger partial charge >= 0.3 is 0 Å². The number of nitrogens with zero attached hydrogens (tertiary/aromatic N) is 5. The van der Waals surface area contributed by atoms with E-state index in [2.05, 4.69) is 66.5 Å². The number of β-amino-alcohol motifs (C(OH)–C–C–N with tert-alkyl or cyclic N) is 1. The highest BCUT2D eigenvalue weighted by Gasteiger charge is 2.44. The molecule has 5 aromatic rings. The number of carbonyl (C=O) groups is 3. The van der Waals surface area contributed by atoms with Crippen LogP contribution in [-0.4, -0.2) is 120 Å². The lowest BCUT2D eigenvalue weighted by molar-refractivity contribution is -0.144. The third kappa shape index (κ3) is 14.5. The molecule has 3 aromatic carbocycles. The lowest BCUT2D eigenvalue weighted by Gasteiger charge is -2.35. The fourth-order valence-corrected chi connectivity index (χ4v) is 11.1. The Kier molecular flexibility index (Phi) is 19.5. The molecule has 1 fully saturated rings. The molecular formula is C54H73ClN10O7S2. The molecule has 2 aromatic heterocycles. The Morgan fingerprint density at radius 3 is 2.38 bits per heavy atom. The number of halogens is 1. The van der Waals surface area contributed by atoms with Crippen LogP contribution in [0.4, 0.5) is 28.8 Å². The number of sulfone groups is 1. The van der Waals surface area contributed by atoms with Crippen LogP contribution in [0.15, 0.2) is 71.2 Å². The van der Waals surface area contributed by atoms with E-state index >= 15 is 0 Å². The van der Waals surface area contributed by atoms with Gasteiger partial charge < -0.3 is 46.2 Å². The first-order valence-electron chi connectivity index (χ1n) is 25.1. The molecule has 4 atom stereocenters. The number of para-hydroxylation sites is 1. The Balaban J connectivity index is 1.03. The van der Waals surface area contributed by atoms with Crippen LogP contribution < -0.4 is 31.3 Å². The number of aromatic nitrogens is 3. The highest BCUT2D eigenvalue weighted by Crippen LogP contribution is 2.36. The van der Waals surface area contributed by atoms with E-state index in [1.54, 1.807) is 56.6 Å². The van der Waals surface area contributed by atoms with Crippen molar-refractivity contribution in [3.63, 3.8) is 0 Å². The van der Waals surface area contributed by atoms with E-state index in [0.29, 0.717) is 23.7 Å². The van der Waals surface area contributed by atoms with Gasteiger partial charge in [-0.05, 0) is 125 Å². The van der Waals surface area contributed by atoms with Gasteiger partial charge in [-0.1, -0.05) is 63.1 Å². The van der Waals surface area contributed by atoms with Crippen molar-refractivity contribution in [1.82, 2.24) is 35.4 Å². The number of aliphatic hydroxyl groups excluding tert-OH is 1. The number of rotatable bonds is 23. The minimum absolute atomic E-state index is 0.00421. The minimum atomic E-state index is -3.58. The fraction of sp³-hybridized carbons (Fsp3) is 0.481.